The predicted molar refractivity (Wildman–Crippen MR) is 110 cm³/mol. The molecule has 0 aliphatic carbocycles. The Hall–Kier alpha value is -0.810. The molecular weight excluding hydrogens is 310 g/mol. The highest BCUT2D eigenvalue weighted by molar-refractivity contribution is 5.79. The molecule has 5 nitrogen and oxygen atoms in total. The molecule has 1 atom stereocenters. The lowest BCUT2D eigenvalue weighted by Gasteiger charge is -2.20. The van der Waals surface area contributed by atoms with Crippen LogP contribution in [-0.4, -0.2) is 75.2 Å². The summed E-state index contributed by atoms with van der Waals surface area (Å²) < 4.78 is 0. The van der Waals surface area contributed by atoms with Crippen molar-refractivity contribution in [2.75, 3.05) is 59.4 Å². The molecule has 0 saturated carbocycles. The Kier molecular flexibility index (Phi) is 12.8. The second-order valence-corrected chi connectivity index (χ2v) is 7.41. The van der Waals surface area contributed by atoms with E-state index in [1.807, 2.05) is 0 Å². The van der Waals surface area contributed by atoms with Crippen LogP contribution in [-0.2, 0) is 0 Å². The van der Waals surface area contributed by atoms with E-state index < -0.39 is 0 Å². The highest BCUT2D eigenvalue weighted by Gasteiger charge is 2.11. The molecule has 0 amide bonds. The summed E-state index contributed by atoms with van der Waals surface area (Å²) in [5.41, 5.74) is 0. The first-order chi connectivity index (χ1) is 12.2. The molecule has 0 radical (unpaired) electrons. The highest BCUT2D eigenvalue weighted by atomic mass is 15.2. The molecule has 1 unspecified atom stereocenters. The van der Waals surface area contributed by atoms with Gasteiger partial charge in [0.1, 0.15) is 0 Å². The van der Waals surface area contributed by atoms with Crippen LogP contribution >= 0.6 is 0 Å². The molecule has 0 aromatic carbocycles. The number of hydrogen-bond acceptors (Lipinski definition) is 3. The molecule has 1 heterocycles. The molecule has 0 aromatic rings. The maximum absolute atomic E-state index is 4.82. The molecular formula is C20H43N5. The van der Waals surface area contributed by atoms with Crippen LogP contribution in [0.15, 0.2) is 4.99 Å². The average Bonchev–Trinajstić information content (AvgIpc) is 2.83. The third-order valence-electron chi connectivity index (χ3n) is 5.15. The zero-order chi connectivity index (χ0) is 18.3. The van der Waals surface area contributed by atoms with E-state index in [-0.39, 0.29) is 0 Å². The summed E-state index contributed by atoms with van der Waals surface area (Å²) in [6.45, 7) is 15.7. The summed E-state index contributed by atoms with van der Waals surface area (Å²) >= 11 is 0. The fraction of sp³-hybridized carbons (Fsp3) is 0.950. The molecule has 1 fully saturated rings. The number of nitrogens with one attached hydrogen (secondary N) is 2. The van der Waals surface area contributed by atoms with Crippen molar-refractivity contribution in [3.05, 3.63) is 0 Å². The fourth-order valence-corrected chi connectivity index (χ4v) is 3.31. The molecule has 0 bridgehead atoms. The van der Waals surface area contributed by atoms with E-state index in [2.05, 4.69) is 48.3 Å². The van der Waals surface area contributed by atoms with Crippen LogP contribution < -0.4 is 10.6 Å². The Bertz CT molecular complexity index is 345. The van der Waals surface area contributed by atoms with E-state index >= 15 is 0 Å². The second-order valence-electron chi connectivity index (χ2n) is 7.41. The number of likely N-dealkylation sites (N-methyl/N-ethyl adjacent to an activating group) is 1. The van der Waals surface area contributed by atoms with Gasteiger partial charge in [0.2, 0.25) is 0 Å². The third kappa shape index (κ3) is 10.7. The van der Waals surface area contributed by atoms with Crippen molar-refractivity contribution in [1.82, 2.24) is 20.4 Å². The zero-order valence-corrected chi connectivity index (χ0v) is 17.3. The van der Waals surface area contributed by atoms with Crippen LogP contribution in [0.2, 0.25) is 0 Å². The number of rotatable bonds is 11. The highest BCUT2D eigenvalue weighted by Crippen LogP contribution is 2.12. The maximum Gasteiger partial charge on any atom is 0.191 e. The van der Waals surface area contributed by atoms with Crippen molar-refractivity contribution < 1.29 is 0 Å². The molecule has 1 saturated heterocycles. The van der Waals surface area contributed by atoms with Crippen molar-refractivity contribution in [2.24, 2.45) is 10.9 Å². The number of unbranched alkanes of at least 4 members (excludes halogenated alkanes) is 1. The smallest absolute Gasteiger partial charge is 0.191 e. The van der Waals surface area contributed by atoms with Gasteiger partial charge in [-0.1, -0.05) is 33.1 Å². The lowest BCUT2D eigenvalue weighted by Crippen LogP contribution is -2.39. The van der Waals surface area contributed by atoms with E-state index in [0.717, 1.165) is 31.5 Å². The molecule has 1 aliphatic heterocycles. The third-order valence-corrected chi connectivity index (χ3v) is 5.15. The SMILES string of the molecule is CCCCC(CC)CN=C(NCC)NCCCN1CCCN(C)CC1. The number of aliphatic imine (C=N–C) groups is 1. The zero-order valence-electron chi connectivity index (χ0n) is 17.3. The van der Waals surface area contributed by atoms with Crippen LogP contribution in [0.3, 0.4) is 0 Å². The molecule has 1 aliphatic rings. The fourth-order valence-electron chi connectivity index (χ4n) is 3.31. The largest absolute Gasteiger partial charge is 0.357 e. The summed E-state index contributed by atoms with van der Waals surface area (Å²) in [5, 5.41) is 6.91. The van der Waals surface area contributed by atoms with E-state index in [0.29, 0.717) is 0 Å². The number of nitrogens with zero attached hydrogens (tertiary/aromatic N) is 3. The standard InChI is InChI=1S/C20H43N5/c1-5-8-11-19(6-2)18-23-20(21-7-3)22-12-9-14-25-15-10-13-24(4)16-17-25/h19H,5-18H2,1-4H3,(H2,21,22,23). The number of hydrogen-bond donors (Lipinski definition) is 2. The first-order valence-corrected chi connectivity index (χ1v) is 10.6. The monoisotopic (exact) mass is 353 g/mol. The van der Waals surface area contributed by atoms with Gasteiger partial charge in [0.15, 0.2) is 5.96 Å². The topological polar surface area (TPSA) is 42.9 Å². The molecule has 148 valence electrons. The van der Waals surface area contributed by atoms with Crippen LogP contribution in [0.1, 0.15) is 59.3 Å². The van der Waals surface area contributed by atoms with Crippen molar-refractivity contribution in [3.8, 4) is 0 Å². The summed E-state index contributed by atoms with van der Waals surface area (Å²) in [6, 6.07) is 0. The van der Waals surface area contributed by atoms with Gasteiger partial charge in [-0.3, -0.25) is 4.99 Å². The first-order valence-electron chi connectivity index (χ1n) is 10.6. The minimum absolute atomic E-state index is 0.726. The minimum atomic E-state index is 0.726. The van der Waals surface area contributed by atoms with Gasteiger partial charge in [-0.05, 0) is 58.8 Å². The Morgan fingerprint density at radius 2 is 1.88 bits per heavy atom. The van der Waals surface area contributed by atoms with E-state index in [1.165, 1.54) is 71.2 Å². The molecule has 0 spiro atoms. The Balaban J connectivity index is 2.28. The second kappa shape index (κ2) is 14.4. The molecule has 25 heavy (non-hydrogen) atoms. The molecule has 2 N–H and O–H groups in total. The van der Waals surface area contributed by atoms with Gasteiger partial charge < -0.3 is 20.4 Å². The predicted octanol–water partition coefficient (Wildman–Crippen LogP) is 2.79. The Morgan fingerprint density at radius 1 is 1.04 bits per heavy atom. The van der Waals surface area contributed by atoms with Crippen LogP contribution in [0, 0.1) is 5.92 Å². The average molecular weight is 354 g/mol. The van der Waals surface area contributed by atoms with Gasteiger partial charge in [-0.2, -0.15) is 0 Å². The normalized spacial score (nSPS) is 18.8. The molecule has 5 heteroatoms. The van der Waals surface area contributed by atoms with Gasteiger partial charge in [-0.25, -0.2) is 0 Å². The van der Waals surface area contributed by atoms with Gasteiger partial charge in [0.25, 0.3) is 0 Å². The lowest BCUT2D eigenvalue weighted by molar-refractivity contribution is 0.274. The summed E-state index contributed by atoms with van der Waals surface area (Å²) in [4.78, 5) is 9.87. The summed E-state index contributed by atoms with van der Waals surface area (Å²) in [6.07, 6.45) is 7.62. The number of guanidine groups is 1. The first kappa shape index (κ1) is 22.2. The van der Waals surface area contributed by atoms with Crippen molar-refractivity contribution >= 4 is 5.96 Å². The van der Waals surface area contributed by atoms with Crippen molar-refractivity contribution in [3.63, 3.8) is 0 Å². The van der Waals surface area contributed by atoms with Crippen LogP contribution in [0.5, 0.6) is 0 Å². The van der Waals surface area contributed by atoms with Gasteiger partial charge in [0.05, 0.1) is 0 Å². The molecule has 0 aromatic heterocycles. The molecule has 1 rings (SSSR count). The van der Waals surface area contributed by atoms with E-state index in [1.54, 1.807) is 0 Å². The Morgan fingerprint density at radius 3 is 2.60 bits per heavy atom. The maximum atomic E-state index is 4.82. The van der Waals surface area contributed by atoms with E-state index in [4.69, 9.17) is 4.99 Å². The summed E-state index contributed by atoms with van der Waals surface area (Å²) in [7, 11) is 2.23. The van der Waals surface area contributed by atoms with Gasteiger partial charge >= 0.3 is 0 Å². The minimum Gasteiger partial charge on any atom is -0.357 e. The summed E-state index contributed by atoms with van der Waals surface area (Å²) in [5.74, 6) is 1.72. The van der Waals surface area contributed by atoms with Crippen molar-refractivity contribution in [2.45, 2.75) is 59.3 Å². The van der Waals surface area contributed by atoms with Gasteiger partial charge in [0, 0.05) is 32.7 Å². The Labute approximate surface area is 156 Å². The van der Waals surface area contributed by atoms with Crippen LogP contribution in [0.4, 0.5) is 0 Å². The van der Waals surface area contributed by atoms with Crippen molar-refractivity contribution in [1.29, 1.82) is 0 Å². The van der Waals surface area contributed by atoms with Crippen LogP contribution in [0.25, 0.3) is 0 Å². The lowest BCUT2D eigenvalue weighted by atomic mass is 10.00. The quantitative estimate of drug-likeness (QED) is 0.340. The van der Waals surface area contributed by atoms with Gasteiger partial charge in [-0.15, -0.1) is 0 Å². The van der Waals surface area contributed by atoms with E-state index in [9.17, 15) is 0 Å².